The van der Waals surface area contributed by atoms with Crippen LogP contribution in [0.2, 0.25) is 0 Å². The van der Waals surface area contributed by atoms with E-state index in [1.165, 1.54) is 32.1 Å². The van der Waals surface area contributed by atoms with E-state index in [1.807, 2.05) is 0 Å². The number of hydrogen-bond acceptors (Lipinski definition) is 2. The van der Waals surface area contributed by atoms with Gasteiger partial charge in [-0.25, -0.2) is 0 Å². The quantitative estimate of drug-likeness (QED) is 0.798. The molecule has 0 aromatic heterocycles. The second-order valence-electron chi connectivity index (χ2n) is 7.05. The highest BCUT2D eigenvalue weighted by molar-refractivity contribution is 4.87. The van der Waals surface area contributed by atoms with Crippen molar-refractivity contribution in [2.45, 2.75) is 78.0 Å². The van der Waals surface area contributed by atoms with Crippen LogP contribution in [0.1, 0.15) is 59.8 Å². The fourth-order valence-corrected chi connectivity index (χ4v) is 3.38. The van der Waals surface area contributed by atoms with Gasteiger partial charge in [0.05, 0.1) is 6.10 Å². The average Bonchev–Trinajstić information content (AvgIpc) is 2.64. The van der Waals surface area contributed by atoms with Crippen LogP contribution in [0.4, 0.5) is 0 Å². The fraction of sp³-hybridized carbons (Fsp3) is 1.00. The smallest absolute Gasteiger partial charge is 0.0700 e. The molecule has 0 radical (unpaired) electrons. The molecule has 2 aliphatic rings. The van der Waals surface area contributed by atoms with E-state index in [2.05, 4.69) is 33.0 Å². The summed E-state index contributed by atoms with van der Waals surface area (Å²) < 4.78 is 5.62. The lowest BCUT2D eigenvalue weighted by Crippen LogP contribution is -2.44. The summed E-state index contributed by atoms with van der Waals surface area (Å²) in [4.78, 5) is 0. The molecule has 2 rings (SSSR count). The Morgan fingerprint density at radius 2 is 1.65 bits per heavy atom. The first kappa shape index (κ1) is 13.4. The topological polar surface area (TPSA) is 21.3 Å². The van der Waals surface area contributed by atoms with E-state index in [1.54, 1.807) is 0 Å². The predicted octanol–water partition coefficient (Wildman–Crippen LogP) is 3.36. The summed E-state index contributed by atoms with van der Waals surface area (Å²) in [6, 6.07) is 1.34. The molecule has 1 saturated heterocycles. The predicted molar refractivity (Wildman–Crippen MR) is 72.2 cm³/mol. The van der Waals surface area contributed by atoms with Gasteiger partial charge in [-0.1, -0.05) is 20.8 Å². The van der Waals surface area contributed by atoms with Crippen molar-refractivity contribution in [3.8, 4) is 0 Å². The van der Waals surface area contributed by atoms with Gasteiger partial charge >= 0.3 is 0 Å². The zero-order valence-corrected chi connectivity index (χ0v) is 12.0. The van der Waals surface area contributed by atoms with Crippen LogP contribution in [0.5, 0.6) is 0 Å². The zero-order valence-electron chi connectivity index (χ0n) is 12.0. The highest BCUT2D eigenvalue weighted by atomic mass is 16.5. The SMILES string of the molecule is CC1OCCC1NC1CCC(C(C)(C)C)CC1. The first-order valence-electron chi connectivity index (χ1n) is 7.34. The van der Waals surface area contributed by atoms with E-state index >= 15 is 0 Å². The third-order valence-electron chi connectivity index (χ3n) is 4.78. The Morgan fingerprint density at radius 1 is 1.00 bits per heavy atom. The largest absolute Gasteiger partial charge is 0.377 e. The Labute approximate surface area is 107 Å². The molecule has 1 N–H and O–H groups in total. The van der Waals surface area contributed by atoms with Crippen LogP contribution in [-0.4, -0.2) is 24.8 Å². The molecule has 0 aromatic carbocycles. The lowest BCUT2D eigenvalue weighted by atomic mass is 9.71. The van der Waals surface area contributed by atoms with Crippen LogP contribution in [0.15, 0.2) is 0 Å². The second kappa shape index (κ2) is 5.27. The summed E-state index contributed by atoms with van der Waals surface area (Å²) in [7, 11) is 0. The van der Waals surface area contributed by atoms with Crippen molar-refractivity contribution >= 4 is 0 Å². The van der Waals surface area contributed by atoms with Gasteiger partial charge in [-0.2, -0.15) is 0 Å². The molecular formula is C15H29NO. The minimum atomic E-state index is 0.412. The lowest BCUT2D eigenvalue weighted by Gasteiger charge is -2.38. The number of rotatable bonds is 2. The molecule has 1 aliphatic heterocycles. The van der Waals surface area contributed by atoms with Crippen LogP contribution in [0.25, 0.3) is 0 Å². The molecule has 0 aromatic rings. The number of hydrogen-bond donors (Lipinski definition) is 1. The monoisotopic (exact) mass is 239 g/mol. The molecule has 2 fully saturated rings. The molecule has 1 saturated carbocycles. The fourth-order valence-electron chi connectivity index (χ4n) is 3.38. The van der Waals surface area contributed by atoms with Gasteiger partial charge in [0.2, 0.25) is 0 Å². The van der Waals surface area contributed by atoms with Gasteiger partial charge in [-0.05, 0) is 50.4 Å². The summed E-state index contributed by atoms with van der Waals surface area (Å²) in [6.07, 6.45) is 7.10. The molecule has 2 nitrogen and oxygen atoms in total. The van der Waals surface area contributed by atoms with Gasteiger partial charge in [0.15, 0.2) is 0 Å². The minimum Gasteiger partial charge on any atom is -0.377 e. The van der Waals surface area contributed by atoms with E-state index in [0.29, 0.717) is 17.6 Å². The van der Waals surface area contributed by atoms with Gasteiger partial charge < -0.3 is 10.1 Å². The molecule has 2 atom stereocenters. The number of nitrogens with one attached hydrogen (secondary N) is 1. The molecule has 1 heterocycles. The summed E-state index contributed by atoms with van der Waals surface area (Å²) in [5.41, 5.74) is 0.495. The summed E-state index contributed by atoms with van der Waals surface area (Å²) in [5, 5.41) is 3.81. The maximum Gasteiger partial charge on any atom is 0.0700 e. The third-order valence-corrected chi connectivity index (χ3v) is 4.78. The molecule has 100 valence electrons. The van der Waals surface area contributed by atoms with E-state index in [0.717, 1.165) is 18.6 Å². The Balaban J connectivity index is 1.76. The van der Waals surface area contributed by atoms with Crippen molar-refractivity contribution in [3.63, 3.8) is 0 Å². The van der Waals surface area contributed by atoms with Crippen LogP contribution in [-0.2, 0) is 4.74 Å². The molecule has 2 unspecified atom stereocenters. The van der Waals surface area contributed by atoms with Crippen molar-refractivity contribution < 1.29 is 4.74 Å². The Morgan fingerprint density at radius 3 is 2.12 bits per heavy atom. The van der Waals surface area contributed by atoms with Crippen LogP contribution in [0.3, 0.4) is 0 Å². The zero-order chi connectivity index (χ0) is 12.5. The van der Waals surface area contributed by atoms with Gasteiger partial charge in [0.25, 0.3) is 0 Å². The van der Waals surface area contributed by atoms with E-state index < -0.39 is 0 Å². The molecule has 2 heteroatoms. The second-order valence-corrected chi connectivity index (χ2v) is 7.05. The standard InChI is InChI=1S/C15H29NO/c1-11-14(9-10-17-11)16-13-7-5-12(6-8-13)15(2,3)4/h11-14,16H,5-10H2,1-4H3. The molecule has 1 aliphatic carbocycles. The van der Waals surface area contributed by atoms with E-state index in [-0.39, 0.29) is 0 Å². The summed E-state index contributed by atoms with van der Waals surface area (Å²) in [6.45, 7) is 10.3. The van der Waals surface area contributed by atoms with Crippen molar-refractivity contribution in [2.24, 2.45) is 11.3 Å². The van der Waals surface area contributed by atoms with Gasteiger partial charge in [0, 0.05) is 18.7 Å². The average molecular weight is 239 g/mol. The first-order chi connectivity index (χ1) is 7.97. The molecule has 0 amide bonds. The van der Waals surface area contributed by atoms with Gasteiger partial charge in [0.1, 0.15) is 0 Å². The molecule has 0 bridgehead atoms. The maximum atomic E-state index is 5.62. The minimum absolute atomic E-state index is 0.412. The van der Waals surface area contributed by atoms with Gasteiger partial charge in [-0.3, -0.25) is 0 Å². The molecule has 0 spiro atoms. The summed E-state index contributed by atoms with van der Waals surface area (Å²) in [5.74, 6) is 0.915. The van der Waals surface area contributed by atoms with Crippen LogP contribution in [0, 0.1) is 11.3 Å². The van der Waals surface area contributed by atoms with Gasteiger partial charge in [-0.15, -0.1) is 0 Å². The van der Waals surface area contributed by atoms with Crippen molar-refractivity contribution in [1.29, 1.82) is 0 Å². The molecular weight excluding hydrogens is 210 g/mol. The first-order valence-corrected chi connectivity index (χ1v) is 7.34. The normalized spacial score (nSPS) is 39.5. The van der Waals surface area contributed by atoms with Crippen LogP contribution >= 0.6 is 0 Å². The summed E-state index contributed by atoms with van der Waals surface area (Å²) >= 11 is 0. The van der Waals surface area contributed by atoms with E-state index in [9.17, 15) is 0 Å². The molecule has 17 heavy (non-hydrogen) atoms. The van der Waals surface area contributed by atoms with E-state index in [4.69, 9.17) is 4.74 Å². The maximum absolute atomic E-state index is 5.62. The highest BCUT2D eigenvalue weighted by Gasteiger charge is 2.32. The van der Waals surface area contributed by atoms with Crippen LogP contribution < -0.4 is 5.32 Å². The van der Waals surface area contributed by atoms with Crippen molar-refractivity contribution in [1.82, 2.24) is 5.32 Å². The van der Waals surface area contributed by atoms with Crippen molar-refractivity contribution in [3.05, 3.63) is 0 Å². The highest BCUT2D eigenvalue weighted by Crippen LogP contribution is 2.38. The Hall–Kier alpha value is -0.0800. The Kier molecular flexibility index (Phi) is 4.14. The van der Waals surface area contributed by atoms with Crippen molar-refractivity contribution in [2.75, 3.05) is 6.61 Å². The Bertz CT molecular complexity index is 238. The third kappa shape index (κ3) is 3.45. The lowest BCUT2D eigenvalue weighted by molar-refractivity contribution is 0.104. The number of ether oxygens (including phenoxy) is 1.